The zero-order valence-electron chi connectivity index (χ0n) is 22.0. The second kappa shape index (κ2) is 10.9. The van der Waals surface area contributed by atoms with E-state index in [0.717, 1.165) is 38.1 Å². The number of sulfonamides is 1. The number of aryl methyl sites for hydroxylation is 1. The predicted molar refractivity (Wildman–Crippen MR) is 142 cm³/mol. The van der Waals surface area contributed by atoms with Gasteiger partial charge in [0, 0.05) is 63.4 Å². The van der Waals surface area contributed by atoms with E-state index in [9.17, 15) is 21.6 Å². The summed E-state index contributed by atoms with van der Waals surface area (Å²) < 4.78 is 83.3. The van der Waals surface area contributed by atoms with E-state index in [-0.39, 0.29) is 36.5 Å². The van der Waals surface area contributed by atoms with Crippen LogP contribution in [-0.4, -0.2) is 83.8 Å². The lowest BCUT2D eigenvalue weighted by Gasteiger charge is -2.30. The maximum atomic E-state index is 15.2. The summed E-state index contributed by atoms with van der Waals surface area (Å²) in [6, 6.07) is 4.57. The molecule has 0 atom stereocenters. The van der Waals surface area contributed by atoms with Gasteiger partial charge in [0.2, 0.25) is 16.0 Å². The largest absolute Gasteiger partial charge is 0.420 e. The van der Waals surface area contributed by atoms with Crippen molar-refractivity contribution in [2.24, 2.45) is 0 Å². The smallest absolute Gasteiger partial charge is 0.369 e. The number of aromatic nitrogens is 4. The number of nitrogens with one attached hydrogen (secondary N) is 2. The van der Waals surface area contributed by atoms with Gasteiger partial charge in [-0.1, -0.05) is 0 Å². The molecule has 2 N–H and O–H groups in total. The minimum Gasteiger partial charge on any atom is -0.369 e. The van der Waals surface area contributed by atoms with Crippen LogP contribution in [0.25, 0.3) is 17.1 Å². The van der Waals surface area contributed by atoms with Gasteiger partial charge in [-0.3, -0.25) is 0 Å². The molecule has 2 fully saturated rings. The Balaban J connectivity index is 1.42. The molecule has 3 aromatic rings. The van der Waals surface area contributed by atoms with Gasteiger partial charge >= 0.3 is 6.18 Å². The van der Waals surface area contributed by atoms with Gasteiger partial charge in [-0.25, -0.2) is 32.1 Å². The molecule has 0 amide bonds. The third-order valence-electron chi connectivity index (χ3n) is 7.15. The molecule has 2 aromatic heterocycles. The Hall–Kier alpha value is -3.30. The summed E-state index contributed by atoms with van der Waals surface area (Å²) in [5, 5.41) is 6.27. The van der Waals surface area contributed by atoms with Gasteiger partial charge in [-0.2, -0.15) is 13.2 Å². The molecule has 0 bridgehead atoms. The number of benzene rings is 1. The molecule has 10 nitrogen and oxygen atoms in total. The normalized spacial score (nSPS) is 17.8. The molecule has 0 aliphatic carbocycles. The van der Waals surface area contributed by atoms with Crippen molar-refractivity contribution < 1.29 is 26.0 Å². The molecule has 0 saturated carbocycles. The Kier molecular flexibility index (Phi) is 7.72. The van der Waals surface area contributed by atoms with Crippen molar-refractivity contribution in [3.8, 4) is 17.1 Å². The van der Waals surface area contributed by atoms with Gasteiger partial charge in [-0.15, -0.1) is 0 Å². The van der Waals surface area contributed by atoms with E-state index in [1.165, 1.54) is 21.1 Å². The SMILES string of the molecule is Cc1nc(-c2nc(NC3CCN(S(C)(=O)=O)CC3)ncc2C(F)(F)F)cn1-c1ccc(N2CCNCC2)cc1F. The molecule has 40 heavy (non-hydrogen) atoms. The Morgan fingerprint density at radius 1 is 1.07 bits per heavy atom. The molecule has 2 aliphatic heterocycles. The highest BCUT2D eigenvalue weighted by atomic mass is 32.2. The van der Waals surface area contributed by atoms with Crippen LogP contribution in [0.4, 0.5) is 29.2 Å². The predicted octanol–water partition coefficient (Wildman–Crippen LogP) is 3.04. The average molecular weight is 583 g/mol. The van der Waals surface area contributed by atoms with Gasteiger partial charge in [0.25, 0.3) is 0 Å². The van der Waals surface area contributed by atoms with E-state index in [1.807, 2.05) is 0 Å². The maximum Gasteiger partial charge on any atom is 0.420 e. The molecule has 2 aliphatic rings. The lowest BCUT2D eigenvalue weighted by atomic mass is 10.1. The molecular formula is C25H30F4N8O2S. The van der Waals surface area contributed by atoms with E-state index in [1.54, 1.807) is 19.1 Å². The fourth-order valence-electron chi connectivity index (χ4n) is 5.01. The summed E-state index contributed by atoms with van der Waals surface area (Å²) in [4.78, 5) is 14.4. The number of hydrogen-bond donors (Lipinski definition) is 2. The molecule has 1 aromatic carbocycles. The standard InChI is InChI=1S/C25H30F4N8O2S/c1-16-32-21(15-37(16)22-4-3-18(13-20(22)26)35-11-7-30-8-12-35)23-19(25(27,28)29)14-31-24(34-23)33-17-5-9-36(10-6-17)40(2,38)39/h3-4,13-15,17,30H,5-12H2,1-2H3,(H,31,33,34). The van der Waals surface area contributed by atoms with Crippen LogP contribution in [-0.2, 0) is 16.2 Å². The number of rotatable bonds is 6. The first kappa shape index (κ1) is 28.2. The maximum absolute atomic E-state index is 15.2. The Labute approximate surface area is 229 Å². The Bertz CT molecular complexity index is 1480. The molecule has 15 heteroatoms. The van der Waals surface area contributed by atoms with Crippen LogP contribution >= 0.6 is 0 Å². The van der Waals surface area contributed by atoms with Crippen LogP contribution in [0.3, 0.4) is 0 Å². The Morgan fingerprint density at radius 2 is 1.77 bits per heavy atom. The van der Waals surface area contributed by atoms with Crippen molar-refractivity contribution in [2.75, 3.05) is 55.7 Å². The first-order valence-electron chi connectivity index (χ1n) is 12.9. The molecule has 216 valence electrons. The first-order chi connectivity index (χ1) is 18.9. The molecule has 5 rings (SSSR count). The van der Waals surface area contributed by atoms with Crippen LogP contribution in [0.2, 0.25) is 0 Å². The second-order valence-electron chi connectivity index (χ2n) is 9.95. The number of piperidine rings is 1. The highest BCUT2D eigenvalue weighted by molar-refractivity contribution is 7.88. The van der Waals surface area contributed by atoms with Crippen LogP contribution in [0.15, 0.2) is 30.6 Å². The lowest BCUT2D eigenvalue weighted by molar-refractivity contribution is -0.137. The van der Waals surface area contributed by atoms with E-state index < -0.39 is 33.3 Å². The fraction of sp³-hybridized carbons (Fsp3) is 0.480. The first-order valence-corrected chi connectivity index (χ1v) is 14.7. The zero-order chi connectivity index (χ0) is 28.7. The monoisotopic (exact) mass is 582 g/mol. The van der Waals surface area contributed by atoms with E-state index in [0.29, 0.717) is 24.9 Å². The topological polar surface area (TPSA) is 108 Å². The fourth-order valence-corrected chi connectivity index (χ4v) is 5.88. The van der Waals surface area contributed by atoms with Gasteiger partial charge in [0.15, 0.2) is 0 Å². The number of halogens is 4. The van der Waals surface area contributed by atoms with Gasteiger partial charge in [0.05, 0.1) is 11.9 Å². The van der Waals surface area contributed by atoms with Crippen molar-refractivity contribution in [2.45, 2.75) is 32.0 Å². The van der Waals surface area contributed by atoms with Crippen molar-refractivity contribution >= 4 is 21.7 Å². The molecule has 2 saturated heterocycles. The Morgan fingerprint density at radius 3 is 2.40 bits per heavy atom. The highest BCUT2D eigenvalue weighted by Crippen LogP contribution is 2.36. The number of piperazine rings is 1. The lowest BCUT2D eigenvalue weighted by Crippen LogP contribution is -2.43. The molecule has 0 spiro atoms. The van der Waals surface area contributed by atoms with Gasteiger partial charge in [-0.05, 0) is 38.0 Å². The summed E-state index contributed by atoms with van der Waals surface area (Å²) in [7, 11) is -3.32. The average Bonchev–Trinajstić information content (AvgIpc) is 3.29. The van der Waals surface area contributed by atoms with Crippen LogP contribution < -0.4 is 15.5 Å². The highest BCUT2D eigenvalue weighted by Gasteiger charge is 2.37. The van der Waals surface area contributed by atoms with E-state index in [2.05, 4.69) is 30.5 Å². The zero-order valence-corrected chi connectivity index (χ0v) is 22.9. The van der Waals surface area contributed by atoms with Crippen molar-refractivity contribution in [3.63, 3.8) is 0 Å². The van der Waals surface area contributed by atoms with E-state index in [4.69, 9.17) is 0 Å². The number of imidazole rings is 1. The number of alkyl halides is 3. The molecule has 0 radical (unpaired) electrons. The number of anilines is 2. The number of nitrogens with zero attached hydrogens (tertiary/aromatic N) is 6. The van der Waals surface area contributed by atoms with Crippen LogP contribution in [0.1, 0.15) is 24.2 Å². The molecule has 0 unspecified atom stereocenters. The third kappa shape index (κ3) is 6.05. The summed E-state index contributed by atoms with van der Waals surface area (Å²) in [5.74, 6) is -0.262. The summed E-state index contributed by atoms with van der Waals surface area (Å²) in [6.07, 6.45) is -0.673. The van der Waals surface area contributed by atoms with Crippen molar-refractivity contribution in [1.29, 1.82) is 0 Å². The van der Waals surface area contributed by atoms with Crippen molar-refractivity contribution in [1.82, 2.24) is 29.1 Å². The van der Waals surface area contributed by atoms with Crippen molar-refractivity contribution in [3.05, 3.63) is 47.8 Å². The minimum atomic E-state index is -4.75. The van der Waals surface area contributed by atoms with Crippen LogP contribution in [0.5, 0.6) is 0 Å². The molecule has 4 heterocycles. The quantitative estimate of drug-likeness (QED) is 0.427. The number of hydrogen-bond acceptors (Lipinski definition) is 8. The minimum absolute atomic E-state index is 0.0282. The second-order valence-corrected chi connectivity index (χ2v) is 11.9. The van der Waals surface area contributed by atoms with Gasteiger partial charge < -0.3 is 20.1 Å². The summed E-state index contributed by atoms with van der Waals surface area (Å²) >= 11 is 0. The summed E-state index contributed by atoms with van der Waals surface area (Å²) in [6.45, 7) is 5.23. The van der Waals surface area contributed by atoms with E-state index >= 15 is 4.39 Å². The molecular weight excluding hydrogens is 552 g/mol. The summed E-state index contributed by atoms with van der Waals surface area (Å²) in [5.41, 5.74) is -0.683. The third-order valence-corrected chi connectivity index (χ3v) is 8.45. The van der Waals surface area contributed by atoms with Crippen LogP contribution in [0, 0.1) is 12.7 Å². The van der Waals surface area contributed by atoms with Gasteiger partial charge in [0.1, 0.15) is 28.6 Å².